The lowest BCUT2D eigenvalue weighted by Crippen LogP contribution is -2.38. The molecule has 0 saturated carbocycles. The fraction of sp³-hybridized carbons (Fsp3) is 0.400. The van der Waals surface area contributed by atoms with Crippen LogP contribution in [-0.2, 0) is 13.0 Å². The van der Waals surface area contributed by atoms with Crippen LogP contribution in [-0.4, -0.2) is 43.6 Å². The topological polar surface area (TPSA) is 99.0 Å². The number of halogens is 1. The van der Waals surface area contributed by atoms with Crippen molar-refractivity contribution in [3.05, 3.63) is 52.0 Å². The van der Waals surface area contributed by atoms with Crippen molar-refractivity contribution in [2.75, 3.05) is 19.3 Å². The Labute approximate surface area is 167 Å². The summed E-state index contributed by atoms with van der Waals surface area (Å²) in [6, 6.07) is 5.34. The van der Waals surface area contributed by atoms with E-state index in [-0.39, 0.29) is 23.7 Å². The molecule has 0 aliphatic rings. The largest absolute Gasteiger partial charge is 0.382 e. The zero-order chi connectivity index (χ0) is 21.1. The molecule has 2 N–H and O–H groups in total. The highest BCUT2D eigenvalue weighted by Crippen LogP contribution is 2.20. The van der Waals surface area contributed by atoms with Crippen molar-refractivity contribution >= 4 is 23.0 Å². The van der Waals surface area contributed by atoms with Gasteiger partial charge in [0, 0.05) is 20.0 Å². The Balaban J connectivity index is 2.22. The van der Waals surface area contributed by atoms with E-state index < -0.39 is 11.7 Å². The highest BCUT2D eigenvalue weighted by molar-refractivity contribution is 5.93. The van der Waals surface area contributed by atoms with Crippen LogP contribution in [0.25, 0.3) is 11.2 Å². The van der Waals surface area contributed by atoms with Crippen LogP contribution in [0.15, 0.2) is 29.1 Å². The van der Waals surface area contributed by atoms with Gasteiger partial charge in [-0.2, -0.15) is 0 Å². The lowest BCUT2D eigenvalue weighted by Gasteiger charge is -2.16. The van der Waals surface area contributed by atoms with Crippen LogP contribution in [0.4, 0.5) is 15.0 Å². The number of fused-ring (bicyclic) bond motifs is 1. The van der Waals surface area contributed by atoms with Crippen molar-refractivity contribution < 1.29 is 9.18 Å². The number of imidazole rings is 1. The first kappa shape index (κ1) is 20.5. The van der Waals surface area contributed by atoms with E-state index in [1.807, 2.05) is 13.8 Å². The molecule has 8 nitrogen and oxygen atoms in total. The van der Waals surface area contributed by atoms with Crippen LogP contribution in [0.5, 0.6) is 0 Å². The summed E-state index contributed by atoms with van der Waals surface area (Å²) in [4.78, 5) is 36.4. The summed E-state index contributed by atoms with van der Waals surface area (Å²) in [5.41, 5.74) is 6.81. The number of hydrogen-bond acceptors (Lipinski definition) is 5. The Kier molecular flexibility index (Phi) is 5.95. The molecule has 3 rings (SSSR count). The van der Waals surface area contributed by atoms with Gasteiger partial charge in [-0.05, 0) is 30.5 Å². The molecule has 0 bridgehead atoms. The molecule has 154 valence electrons. The number of nitrogens with two attached hydrogens (primary N) is 1. The molecule has 0 atom stereocenters. The van der Waals surface area contributed by atoms with Gasteiger partial charge in [0.25, 0.3) is 0 Å². The average molecular weight is 400 g/mol. The minimum atomic E-state index is -0.549. The van der Waals surface area contributed by atoms with E-state index in [0.29, 0.717) is 30.0 Å². The summed E-state index contributed by atoms with van der Waals surface area (Å²) >= 11 is 0. The van der Waals surface area contributed by atoms with Gasteiger partial charge in [-0.1, -0.05) is 26.0 Å². The molecule has 1 aromatic carbocycles. The third-order valence-corrected chi connectivity index (χ3v) is 4.64. The first-order chi connectivity index (χ1) is 13.9. The standard InChI is InChI=1S/C20H25FN6O2/c1-4-6-15-23-17(22)16-18(24-15)26(12-13-7-9-14(21)10-8-13)20(29)27(16)19(28)25(3)11-5-2/h7-10H,4-6,11-12H2,1-3H3,(H2,22,23,24). The van der Waals surface area contributed by atoms with Gasteiger partial charge in [-0.25, -0.2) is 28.5 Å². The maximum atomic E-state index is 13.3. The lowest BCUT2D eigenvalue weighted by molar-refractivity contribution is 0.210. The van der Waals surface area contributed by atoms with Crippen LogP contribution in [0.2, 0.25) is 0 Å². The lowest BCUT2D eigenvalue weighted by atomic mass is 10.2. The normalized spacial score (nSPS) is 11.2. The monoisotopic (exact) mass is 400 g/mol. The molecule has 29 heavy (non-hydrogen) atoms. The second kappa shape index (κ2) is 8.42. The molecular formula is C20H25FN6O2. The minimum Gasteiger partial charge on any atom is -0.382 e. The Morgan fingerprint density at radius 3 is 2.48 bits per heavy atom. The number of aryl methyl sites for hydroxylation is 1. The first-order valence-electron chi connectivity index (χ1n) is 9.64. The van der Waals surface area contributed by atoms with E-state index in [9.17, 15) is 14.0 Å². The molecule has 3 aromatic rings. The summed E-state index contributed by atoms with van der Waals surface area (Å²) in [5, 5.41) is 0. The molecule has 0 spiro atoms. The van der Waals surface area contributed by atoms with Gasteiger partial charge in [0.1, 0.15) is 17.2 Å². The average Bonchev–Trinajstić information content (AvgIpc) is 2.96. The molecule has 2 heterocycles. The van der Waals surface area contributed by atoms with Crippen molar-refractivity contribution in [1.82, 2.24) is 24.0 Å². The van der Waals surface area contributed by atoms with Crippen LogP contribution >= 0.6 is 0 Å². The number of carbonyl (C=O) groups is 1. The Morgan fingerprint density at radius 2 is 1.86 bits per heavy atom. The van der Waals surface area contributed by atoms with Gasteiger partial charge >= 0.3 is 11.7 Å². The van der Waals surface area contributed by atoms with Gasteiger partial charge in [0.2, 0.25) is 0 Å². The highest BCUT2D eigenvalue weighted by Gasteiger charge is 2.25. The maximum absolute atomic E-state index is 13.3. The number of benzene rings is 1. The van der Waals surface area contributed by atoms with Crippen molar-refractivity contribution in [3.63, 3.8) is 0 Å². The second-order valence-electron chi connectivity index (χ2n) is 6.98. The van der Waals surface area contributed by atoms with Gasteiger partial charge in [0.15, 0.2) is 11.5 Å². The van der Waals surface area contributed by atoms with Crippen LogP contribution in [0.1, 0.15) is 38.1 Å². The number of nitrogens with zero attached hydrogens (tertiary/aromatic N) is 5. The Bertz CT molecular complexity index is 1090. The quantitative estimate of drug-likeness (QED) is 0.686. The van der Waals surface area contributed by atoms with Crippen molar-refractivity contribution in [2.24, 2.45) is 0 Å². The Morgan fingerprint density at radius 1 is 1.17 bits per heavy atom. The number of aromatic nitrogens is 4. The zero-order valence-corrected chi connectivity index (χ0v) is 16.9. The molecule has 2 aromatic heterocycles. The predicted octanol–water partition coefficient (Wildman–Crippen LogP) is 2.63. The first-order valence-corrected chi connectivity index (χ1v) is 9.64. The Hall–Kier alpha value is -3.23. The molecule has 9 heteroatoms. The van der Waals surface area contributed by atoms with Crippen molar-refractivity contribution in [3.8, 4) is 0 Å². The van der Waals surface area contributed by atoms with Gasteiger partial charge in [0.05, 0.1) is 6.54 Å². The summed E-state index contributed by atoms with van der Waals surface area (Å²) in [6.45, 7) is 4.56. The third kappa shape index (κ3) is 3.98. The van der Waals surface area contributed by atoms with Crippen LogP contribution in [0.3, 0.4) is 0 Å². The number of hydrogen-bond donors (Lipinski definition) is 1. The molecule has 0 radical (unpaired) electrons. The molecule has 0 saturated heterocycles. The van der Waals surface area contributed by atoms with Crippen molar-refractivity contribution in [1.29, 1.82) is 0 Å². The van der Waals surface area contributed by atoms with Crippen LogP contribution < -0.4 is 11.4 Å². The molecule has 0 aliphatic heterocycles. The van der Waals surface area contributed by atoms with E-state index >= 15 is 0 Å². The number of carbonyl (C=O) groups excluding carboxylic acids is 1. The summed E-state index contributed by atoms with van der Waals surface area (Å²) in [6.07, 6.45) is 2.16. The fourth-order valence-corrected chi connectivity index (χ4v) is 3.25. The zero-order valence-electron chi connectivity index (χ0n) is 16.9. The fourth-order valence-electron chi connectivity index (χ4n) is 3.25. The van der Waals surface area contributed by atoms with E-state index in [1.54, 1.807) is 19.2 Å². The highest BCUT2D eigenvalue weighted by atomic mass is 19.1. The summed E-state index contributed by atoms with van der Waals surface area (Å²) < 4.78 is 15.7. The van der Waals surface area contributed by atoms with E-state index in [4.69, 9.17) is 5.73 Å². The van der Waals surface area contributed by atoms with Gasteiger partial charge < -0.3 is 10.6 Å². The SMILES string of the molecule is CCCc1nc(N)c2c(n1)n(Cc1ccc(F)cc1)c(=O)n2C(=O)N(C)CCC. The van der Waals surface area contributed by atoms with Gasteiger partial charge in [-0.15, -0.1) is 0 Å². The summed E-state index contributed by atoms with van der Waals surface area (Å²) in [5.74, 6) is 0.236. The summed E-state index contributed by atoms with van der Waals surface area (Å²) in [7, 11) is 1.63. The number of anilines is 1. The van der Waals surface area contributed by atoms with Gasteiger partial charge in [-0.3, -0.25) is 4.57 Å². The molecular weight excluding hydrogens is 375 g/mol. The molecule has 0 fully saturated rings. The third-order valence-electron chi connectivity index (χ3n) is 4.64. The van der Waals surface area contributed by atoms with E-state index in [1.165, 1.54) is 21.6 Å². The molecule has 1 amide bonds. The smallest absolute Gasteiger partial charge is 0.339 e. The maximum Gasteiger partial charge on any atom is 0.339 e. The minimum absolute atomic E-state index is 0.0895. The van der Waals surface area contributed by atoms with E-state index in [2.05, 4.69) is 9.97 Å². The molecule has 0 aliphatic carbocycles. The predicted molar refractivity (Wildman–Crippen MR) is 109 cm³/mol. The number of nitrogen functional groups attached to an aromatic ring is 1. The second-order valence-corrected chi connectivity index (χ2v) is 6.98. The number of amides is 1. The number of rotatable bonds is 6. The van der Waals surface area contributed by atoms with Crippen molar-refractivity contribution in [2.45, 2.75) is 39.7 Å². The van der Waals surface area contributed by atoms with E-state index in [0.717, 1.165) is 17.4 Å². The van der Waals surface area contributed by atoms with Crippen LogP contribution in [0, 0.1) is 5.82 Å². The molecule has 0 unspecified atom stereocenters.